The van der Waals surface area contributed by atoms with Gasteiger partial charge in [0, 0.05) is 0 Å². The van der Waals surface area contributed by atoms with E-state index in [1.165, 1.54) is 29.9 Å². The molecule has 2 aromatic carbocycles. The van der Waals surface area contributed by atoms with Crippen LogP contribution in [0.4, 0.5) is 5.88 Å². The van der Waals surface area contributed by atoms with E-state index in [4.69, 9.17) is 9.15 Å². The van der Waals surface area contributed by atoms with E-state index >= 15 is 0 Å². The molecule has 8 nitrogen and oxygen atoms in total. The molecule has 0 bridgehead atoms. The molecule has 0 N–H and O–H groups in total. The lowest BCUT2D eigenvalue weighted by Gasteiger charge is -2.14. The summed E-state index contributed by atoms with van der Waals surface area (Å²) in [5.41, 5.74) is 0.808. The molecule has 8 heteroatoms. The summed E-state index contributed by atoms with van der Waals surface area (Å²) in [5, 5.41) is 11.3. The monoisotopic (exact) mass is 389 g/mol. The topological polar surface area (TPSA) is 100 Å². The average Bonchev–Trinajstić information content (AvgIpc) is 3.22. The number of hydrogen-bond donors (Lipinski definition) is 0. The molecule has 0 spiro atoms. The first kappa shape index (κ1) is 18.2. The smallest absolute Gasteiger partial charge is 0.433 e. The molecule has 0 saturated heterocycles. The van der Waals surface area contributed by atoms with Gasteiger partial charge in [0.25, 0.3) is 5.56 Å². The van der Waals surface area contributed by atoms with Gasteiger partial charge in [-0.3, -0.25) is 19.5 Å². The molecule has 0 aliphatic heterocycles. The van der Waals surface area contributed by atoms with Crippen LogP contribution in [0.1, 0.15) is 11.6 Å². The third kappa shape index (κ3) is 3.39. The molecule has 29 heavy (non-hydrogen) atoms. The number of methoxy groups -OCH3 is 1. The highest BCUT2D eigenvalue weighted by molar-refractivity contribution is 5.80. The van der Waals surface area contributed by atoms with Gasteiger partial charge >= 0.3 is 5.88 Å². The number of rotatable bonds is 5. The number of benzene rings is 2. The van der Waals surface area contributed by atoms with Crippen molar-refractivity contribution in [2.24, 2.45) is 0 Å². The minimum Gasteiger partial charge on any atom is -0.495 e. The molecule has 0 aliphatic rings. The summed E-state index contributed by atoms with van der Waals surface area (Å²) in [6, 6.07) is 16.9. The minimum atomic E-state index is -0.615. The molecule has 0 fully saturated rings. The zero-order valence-electron chi connectivity index (χ0n) is 15.3. The summed E-state index contributed by atoms with van der Waals surface area (Å²) < 4.78 is 12.0. The summed E-state index contributed by atoms with van der Waals surface area (Å²) >= 11 is 0. The SMILES string of the molecule is COc1ccccc1-n1c(C=Cc2ccc([N+](=O)[O-])o2)nc2ccccc2c1=O. The van der Waals surface area contributed by atoms with Gasteiger partial charge in [-0.2, -0.15) is 0 Å². The van der Waals surface area contributed by atoms with Crippen LogP contribution in [0, 0.1) is 10.1 Å². The number of nitro groups is 1. The van der Waals surface area contributed by atoms with Gasteiger partial charge in [0.05, 0.1) is 29.8 Å². The van der Waals surface area contributed by atoms with E-state index in [9.17, 15) is 14.9 Å². The van der Waals surface area contributed by atoms with E-state index in [1.54, 1.807) is 54.6 Å². The average molecular weight is 389 g/mol. The quantitative estimate of drug-likeness (QED) is 0.377. The van der Waals surface area contributed by atoms with Crippen molar-refractivity contribution in [1.29, 1.82) is 0 Å². The fraction of sp³-hybridized carbons (Fsp3) is 0.0476. The largest absolute Gasteiger partial charge is 0.495 e. The molecule has 4 rings (SSSR count). The summed E-state index contributed by atoms with van der Waals surface area (Å²) in [6.45, 7) is 0. The first-order chi connectivity index (χ1) is 14.1. The van der Waals surface area contributed by atoms with Gasteiger partial charge in [-0.15, -0.1) is 0 Å². The van der Waals surface area contributed by atoms with Crippen LogP contribution in [0.25, 0.3) is 28.7 Å². The standard InChI is InChI=1S/C21H15N3O5/c1-28-18-9-5-4-8-17(18)23-19(12-10-14-11-13-20(29-14)24(26)27)22-16-7-3-2-6-15(16)21(23)25/h2-13H,1H3. The zero-order valence-corrected chi connectivity index (χ0v) is 15.3. The lowest BCUT2D eigenvalue weighted by atomic mass is 10.2. The Labute approximate surface area is 164 Å². The minimum absolute atomic E-state index is 0.259. The summed E-state index contributed by atoms with van der Waals surface area (Å²) in [5.74, 6) is 0.746. The fourth-order valence-corrected chi connectivity index (χ4v) is 3.00. The van der Waals surface area contributed by atoms with E-state index in [-0.39, 0.29) is 17.2 Å². The number of fused-ring (bicyclic) bond motifs is 1. The van der Waals surface area contributed by atoms with Crippen molar-refractivity contribution in [1.82, 2.24) is 9.55 Å². The zero-order chi connectivity index (χ0) is 20.4. The number of furan rings is 1. The molecule has 0 radical (unpaired) electrons. The van der Waals surface area contributed by atoms with Crippen molar-refractivity contribution >= 4 is 28.9 Å². The number of aromatic nitrogens is 2. The van der Waals surface area contributed by atoms with Crippen LogP contribution in [-0.2, 0) is 0 Å². The van der Waals surface area contributed by atoms with Crippen LogP contribution < -0.4 is 10.3 Å². The van der Waals surface area contributed by atoms with E-state index in [0.29, 0.717) is 28.2 Å². The number of ether oxygens (including phenoxy) is 1. The molecule has 2 aromatic heterocycles. The maximum absolute atomic E-state index is 13.2. The first-order valence-corrected chi connectivity index (χ1v) is 8.66. The molecule has 0 saturated carbocycles. The first-order valence-electron chi connectivity index (χ1n) is 8.66. The predicted octanol–water partition coefficient (Wildman–Crippen LogP) is 4.07. The van der Waals surface area contributed by atoms with Crippen molar-refractivity contribution in [2.45, 2.75) is 0 Å². The van der Waals surface area contributed by atoms with Crippen LogP contribution in [0.15, 0.2) is 69.9 Å². The van der Waals surface area contributed by atoms with E-state index in [1.807, 2.05) is 0 Å². The Balaban J connectivity index is 1.93. The number of para-hydroxylation sites is 3. The lowest BCUT2D eigenvalue weighted by Crippen LogP contribution is -2.22. The Hall–Kier alpha value is -4.20. The summed E-state index contributed by atoms with van der Waals surface area (Å²) in [6.07, 6.45) is 3.10. The maximum atomic E-state index is 13.2. The van der Waals surface area contributed by atoms with Gasteiger partial charge < -0.3 is 9.15 Å². The van der Waals surface area contributed by atoms with E-state index < -0.39 is 4.92 Å². The van der Waals surface area contributed by atoms with Crippen molar-refractivity contribution in [3.63, 3.8) is 0 Å². The maximum Gasteiger partial charge on any atom is 0.433 e. The lowest BCUT2D eigenvalue weighted by molar-refractivity contribution is -0.402. The van der Waals surface area contributed by atoms with Gasteiger partial charge in [-0.1, -0.05) is 24.3 Å². The second kappa shape index (κ2) is 7.43. The summed E-state index contributed by atoms with van der Waals surface area (Å²) in [7, 11) is 1.52. The normalized spacial score (nSPS) is 11.2. The third-order valence-electron chi connectivity index (χ3n) is 4.32. The van der Waals surface area contributed by atoms with Gasteiger partial charge in [0.2, 0.25) is 0 Å². The van der Waals surface area contributed by atoms with Gasteiger partial charge in [-0.25, -0.2) is 4.98 Å². The third-order valence-corrected chi connectivity index (χ3v) is 4.32. The van der Waals surface area contributed by atoms with Crippen LogP contribution in [0.5, 0.6) is 5.75 Å². The molecular weight excluding hydrogens is 374 g/mol. The van der Waals surface area contributed by atoms with Gasteiger partial charge in [-0.05, 0) is 42.5 Å². The molecule has 0 unspecified atom stereocenters. The number of nitrogens with zero attached hydrogens (tertiary/aromatic N) is 3. The highest BCUT2D eigenvalue weighted by Crippen LogP contribution is 2.24. The molecule has 0 atom stereocenters. The van der Waals surface area contributed by atoms with Crippen LogP contribution in [0.3, 0.4) is 0 Å². The van der Waals surface area contributed by atoms with Crippen LogP contribution in [-0.4, -0.2) is 21.6 Å². The van der Waals surface area contributed by atoms with Crippen molar-refractivity contribution in [3.8, 4) is 11.4 Å². The van der Waals surface area contributed by atoms with E-state index in [0.717, 1.165) is 0 Å². The van der Waals surface area contributed by atoms with Crippen molar-refractivity contribution < 1.29 is 14.1 Å². The molecule has 4 aromatic rings. The van der Waals surface area contributed by atoms with Gasteiger partial charge in [0.1, 0.15) is 22.3 Å². The molecular formula is C21H15N3O5. The fourth-order valence-electron chi connectivity index (χ4n) is 3.00. The molecule has 144 valence electrons. The highest BCUT2D eigenvalue weighted by atomic mass is 16.6. The number of hydrogen-bond acceptors (Lipinski definition) is 6. The Morgan fingerprint density at radius 2 is 1.83 bits per heavy atom. The van der Waals surface area contributed by atoms with E-state index in [2.05, 4.69) is 4.98 Å². The summed E-state index contributed by atoms with van der Waals surface area (Å²) in [4.78, 5) is 28.0. The van der Waals surface area contributed by atoms with Crippen LogP contribution in [0.2, 0.25) is 0 Å². The van der Waals surface area contributed by atoms with Crippen LogP contribution >= 0.6 is 0 Å². The van der Waals surface area contributed by atoms with Crippen molar-refractivity contribution in [2.75, 3.05) is 7.11 Å². The highest BCUT2D eigenvalue weighted by Gasteiger charge is 2.15. The second-order valence-corrected chi connectivity index (χ2v) is 6.07. The Morgan fingerprint density at radius 3 is 2.59 bits per heavy atom. The predicted molar refractivity (Wildman–Crippen MR) is 108 cm³/mol. The molecule has 2 heterocycles. The van der Waals surface area contributed by atoms with Gasteiger partial charge in [0.15, 0.2) is 0 Å². The van der Waals surface area contributed by atoms with Crippen molar-refractivity contribution in [3.05, 3.63) is 92.7 Å². The Kier molecular flexibility index (Phi) is 4.66. The Bertz CT molecular complexity index is 1300. The second-order valence-electron chi connectivity index (χ2n) is 6.07. The molecule has 0 amide bonds. The Morgan fingerprint density at radius 1 is 1.07 bits per heavy atom. The molecule has 0 aliphatic carbocycles.